The van der Waals surface area contributed by atoms with E-state index in [9.17, 15) is 4.57 Å². The molecule has 0 unspecified atom stereocenters. The van der Waals surface area contributed by atoms with Crippen molar-refractivity contribution in [3.63, 3.8) is 0 Å². The molecule has 4 N–H and O–H groups in total. The van der Waals surface area contributed by atoms with Gasteiger partial charge >= 0.3 is 7.60 Å². The monoisotopic (exact) mass is 197 g/mol. The van der Waals surface area contributed by atoms with Crippen molar-refractivity contribution in [2.24, 2.45) is 5.73 Å². The van der Waals surface area contributed by atoms with E-state index in [4.69, 9.17) is 15.5 Å². The first-order valence-electron chi connectivity index (χ1n) is 3.38. The third-order valence-corrected chi connectivity index (χ3v) is 4.53. The van der Waals surface area contributed by atoms with Crippen molar-refractivity contribution in [3.8, 4) is 0 Å². The van der Waals surface area contributed by atoms with Gasteiger partial charge in [-0.3, -0.25) is 4.57 Å². The number of hydrogen-bond donors (Lipinski definition) is 3. The average Bonchev–Trinajstić information content (AvgIpc) is 1.87. The summed E-state index contributed by atoms with van der Waals surface area (Å²) in [7, 11) is -4.09. The fraction of sp³-hybridized carbons (Fsp3) is 1.00. The molecule has 0 atom stereocenters. The summed E-state index contributed by atoms with van der Waals surface area (Å²) in [6, 6.07) is 0. The summed E-state index contributed by atoms with van der Waals surface area (Å²) in [5, 5.41) is -1.24. The Hall–Kier alpha value is 0.460. The van der Waals surface area contributed by atoms with E-state index in [1.807, 2.05) is 0 Å². The van der Waals surface area contributed by atoms with Gasteiger partial charge in [0.15, 0.2) is 0 Å². The second-order valence-electron chi connectivity index (χ2n) is 2.76. The van der Waals surface area contributed by atoms with Crippen LogP contribution < -0.4 is 5.73 Å². The predicted octanol–water partition coefficient (Wildman–Crippen LogP) is 0.346. The van der Waals surface area contributed by atoms with Crippen LogP contribution in [0.1, 0.15) is 12.8 Å². The highest BCUT2D eigenvalue weighted by molar-refractivity contribution is 7.99. The highest BCUT2D eigenvalue weighted by Crippen LogP contribution is 2.53. The zero-order chi connectivity index (χ0) is 8.54. The van der Waals surface area contributed by atoms with Crippen LogP contribution in [0.5, 0.6) is 0 Å². The first-order valence-corrected chi connectivity index (χ1v) is 6.15. The summed E-state index contributed by atoms with van der Waals surface area (Å²) in [4.78, 5) is 17.8. The summed E-state index contributed by atoms with van der Waals surface area (Å²) < 4.78 is 10.9. The van der Waals surface area contributed by atoms with Gasteiger partial charge in [0.25, 0.3) is 0 Å². The molecule has 4 nitrogen and oxygen atoms in total. The van der Waals surface area contributed by atoms with E-state index >= 15 is 0 Å². The van der Waals surface area contributed by atoms with Crippen molar-refractivity contribution in [1.29, 1.82) is 0 Å². The molecular formula is C5H12NO3PS. The van der Waals surface area contributed by atoms with Crippen molar-refractivity contribution in [1.82, 2.24) is 0 Å². The number of thioether (sulfide) groups is 1. The van der Waals surface area contributed by atoms with E-state index in [-0.39, 0.29) is 0 Å². The Morgan fingerprint density at radius 1 is 1.36 bits per heavy atom. The van der Waals surface area contributed by atoms with Gasteiger partial charge in [0.05, 0.1) is 0 Å². The minimum absolute atomic E-state index is 0.419. The zero-order valence-corrected chi connectivity index (χ0v) is 7.77. The molecule has 1 heterocycles. The van der Waals surface area contributed by atoms with Gasteiger partial charge in [-0.25, -0.2) is 0 Å². The molecule has 0 saturated carbocycles. The van der Waals surface area contributed by atoms with E-state index in [1.54, 1.807) is 11.8 Å². The Morgan fingerprint density at radius 2 is 1.82 bits per heavy atom. The van der Waals surface area contributed by atoms with E-state index in [0.29, 0.717) is 12.8 Å². The summed E-state index contributed by atoms with van der Waals surface area (Å²) in [5.41, 5.74) is 5.56. The molecule has 1 fully saturated rings. The minimum Gasteiger partial charge on any atom is -0.323 e. The van der Waals surface area contributed by atoms with Gasteiger partial charge in [-0.15, -0.1) is 0 Å². The Balaban J connectivity index is 2.72. The van der Waals surface area contributed by atoms with Crippen molar-refractivity contribution in [2.45, 2.75) is 18.1 Å². The topological polar surface area (TPSA) is 83.6 Å². The lowest BCUT2D eigenvalue weighted by atomic mass is 10.2. The van der Waals surface area contributed by atoms with Gasteiger partial charge in [-0.1, -0.05) is 0 Å². The van der Waals surface area contributed by atoms with Crippen LogP contribution in [0.25, 0.3) is 0 Å². The van der Waals surface area contributed by atoms with Crippen LogP contribution in [-0.2, 0) is 4.57 Å². The second-order valence-corrected chi connectivity index (χ2v) is 5.96. The van der Waals surface area contributed by atoms with Crippen molar-refractivity contribution in [2.75, 3.05) is 11.5 Å². The quantitative estimate of drug-likeness (QED) is 0.528. The molecule has 11 heavy (non-hydrogen) atoms. The lowest BCUT2D eigenvalue weighted by Crippen LogP contribution is -2.42. The molecular weight excluding hydrogens is 185 g/mol. The van der Waals surface area contributed by atoms with Crippen LogP contribution in [0, 0.1) is 0 Å². The van der Waals surface area contributed by atoms with Gasteiger partial charge in [-0.2, -0.15) is 11.8 Å². The average molecular weight is 197 g/mol. The van der Waals surface area contributed by atoms with Gasteiger partial charge in [0.2, 0.25) is 0 Å². The Kier molecular flexibility index (Phi) is 2.67. The Bertz CT molecular complexity index is 186. The highest BCUT2D eigenvalue weighted by atomic mass is 32.2. The molecule has 0 bridgehead atoms. The molecule has 1 aliphatic rings. The first kappa shape index (κ1) is 9.55. The van der Waals surface area contributed by atoms with Crippen LogP contribution >= 0.6 is 19.4 Å². The van der Waals surface area contributed by atoms with Gasteiger partial charge in [0.1, 0.15) is 5.28 Å². The Morgan fingerprint density at radius 3 is 2.09 bits per heavy atom. The van der Waals surface area contributed by atoms with E-state index in [1.165, 1.54) is 0 Å². The molecule has 0 aliphatic carbocycles. The molecule has 0 aromatic heterocycles. The largest absolute Gasteiger partial charge is 0.345 e. The fourth-order valence-corrected chi connectivity index (χ4v) is 3.35. The van der Waals surface area contributed by atoms with Crippen LogP contribution in [0.4, 0.5) is 0 Å². The summed E-state index contributed by atoms with van der Waals surface area (Å²) in [5.74, 6) is 1.50. The third kappa shape index (κ3) is 1.98. The molecule has 0 amide bonds. The van der Waals surface area contributed by atoms with Crippen molar-refractivity contribution < 1.29 is 14.4 Å². The molecule has 0 aromatic rings. The van der Waals surface area contributed by atoms with Gasteiger partial charge < -0.3 is 15.5 Å². The third-order valence-electron chi connectivity index (χ3n) is 1.94. The lowest BCUT2D eigenvalue weighted by molar-refractivity contribution is 0.316. The number of rotatable bonds is 1. The SMILES string of the molecule is NC1(P(=O)(O)O)CCSCC1. The molecule has 0 radical (unpaired) electrons. The minimum atomic E-state index is -4.09. The van der Waals surface area contributed by atoms with E-state index < -0.39 is 12.9 Å². The van der Waals surface area contributed by atoms with Crippen molar-refractivity contribution >= 4 is 19.4 Å². The summed E-state index contributed by atoms with van der Waals surface area (Å²) >= 11 is 1.69. The maximum atomic E-state index is 10.9. The summed E-state index contributed by atoms with van der Waals surface area (Å²) in [6.07, 6.45) is 0.837. The molecule has 0 aromatic carbocycles. The maximum Gasteiger partial charge on any atom is 0.345 e. The van der Waals surface area contributed by atoms with Crippen LogP contribution in [-0.4, -0.2) is 26.6 Å². The smallest absolute Gasteiger partial charge is 0.323 e. The second kappa shape index (κ2) is 3.07. The zero-order valence-electron chi connectivity index (χ0n) is 6.06. The van der Waals surface area contributed by atoms with Crippen LogP contribution in [0.3, 0.4) is 0 Å². The Labute approximate surface area is 69.7 Å². The number of hydrogen-bond acceptors (Lipinski definition) is 3. The standard InChI is InChI=1S/C5H12NO3PS/c6-5(10(7,8)9)1-3-11-4-2-5/h1-4,6H2,(H2,7,8,9). The van der Waals surface area contributed by atoms with Crippen LogP contribution in [0.2, 0.25) is 0 Å². The highest BCUT2D eigenvalue weighted by Gasteiger charge is 2.43. The lowest BCUT2D eigenvalue weighted by Gasteiger charge is -2.33. The fourth-order valence-electron chi connectivity index (χ4n) is 1.02. The maximum absolute atomic E-state index is 10.9. The van der Waals surface area contributed by atoms with Crippen molar-refractivity contribution in [3.05, 3.63) is 0 Å². The molecule has 0 spiro atoms. The normalized spacial score (nSPS) is 25.0. The van der Waals surface area contributed by atoms with Crippen LogP contribution in [0.15, 0.2) is 0 Å². The molecule has 1 saturated heterocycles. The van der Waals surface area contributed by atoms with Gasteiger partial charge in [-0.05, 0) is 24.3 Å². The first-order chi connectivity index (χ1) is 4.96. The molecule has 66 valence electrons. The molecule has 6 heteroatoms. The molecule has 1 aliphatic heterocycles. The molecule has 1 rings (SSSR count). The summed E-state index contributed by atoms with van der Waals surface area (Å²) in [6.45, 7) is 0. The predicted molar refractivity (Wildman–Crippen MR) is 45.5 cm³/mol. The van der Waals surface area contributed by atoms with E-state index in [2.05, 4.69) is 0 Å². The van der Waals surface area contributed by atoms with E-state index in [0.717, 1.165) is 11.5 Å². The number of nitrogens with two attached hydrogens (primary N) is 1. The van der Waals surface area contributed by atoms with Gasteiger partial charge in [0, 0.05) is 0 Å².